The fourth-order valence-corrected chi connectivity index (χ4v) is 2.04. The highest BCUT2D eigenvalue weighted by molar-refractivity contribution is 9.09. The first kappa shape index (κ1) is 14.9. The Labute approximate surface area is 102 Å². The Kier molecular flexibility index (Phi) is 9.17. The molecule has 3 heteroatoms. The maximum absolute atomic E-state index is 11.5. The molecule has 0 aliphatic carbocycles. The maximum atomic E-state index is 11.5. The number of carbonyl (C=O) groups is 1. The van der Waals surface area contributed by atoms with Crippen LogP contribution in [0.1, 0.15) is 46.5 Å². The van der Waals surface area contributed by atoms with Crippen LogP contribution in [0.25, 0.3) is 0 Å². The highest BCUT2D eigenvalue weighted by atomic mass is 79.9. The van der Waals surface area contributed by atoms with E-state index in [-0.39, 0.29) is 5.91 Å². The molecule has 0 saturated heterocycles. The number of alkyl halides is 1. The molecule has 0 aliphatic rings. The highest BCUT2D eigenvalue weighted by Gasteiger charge is 2.10. The smallest absolute Gasteiger partial charge is 0.220 e. The van der Waals surface area contributed by atoms with Crippen LogP contribution in [-0.4, -0.2) is 17.8 Å². The molecule has 0 aromatic carbocycles. The number of amides is 1. The molecule has 0 fully saturated rings. The van der Waals surface area contributed by atoms with Crippen LogP contribution in [0.2, 0.25) is 0 Å². The first-order valence-corrected chi connectivity index (χ1v) is 7.08. The Balaban J connectivity index is 3.68. The van der Waals surface area contributed by atoms with E-state index in [2.05, 4.69) is 42.0 Å². The van der Waals surface area contributed by atoms with E-state index in [4.69, 9.17) is 0 Å². The zero-order valence-corrected chi connectivity index (χ0v) is 11.8. The van der Waals surface area contributed by atoms with Gasteiger partial charge in [0.1, 0.15) is 0 Å². The number of nitrogens with one attached hydrogen (secondary N) is 1. The zero-order chi connectivity index (χ0) is 11.7. The lowest BCUT2D eigenvalue weighted by Gasteiger charge is -2.15. The van der Waals surface area contributed by atoms with Crippen molar-refractivity contribution in [1.29, 1.82) is 0 Å². The summed E-state index contributed by atoms with van der Waals surface area (Å²) in [5, 5.41) is 4.04. The third kappa shape index (κ3) is 7.83. The summed E-state index contributed by atoms with van der Waals surface area (Å²) >= 11 is 3.44. The quantitative estimate of drug-likeness (QED) is 0.678. The monoisotopic (exact) mass is 277 g/mol. The summed E-state index contributed by atoms with van der Waals surface area (Å²) in [5.41, 5.74) is 0. The molecule has 2 nitrogen and oxygen atoms in total. The predicted octanol–water partition coefficient (Wildman–Crippen LogP) is 3.35. The van der Waals surface area contributed by atoms with Crippen molar-refractivity contribution in [3.05, 3.63) is 0 Å². The van der Waals surface area contributed by atoms with Gasteiger partial charge in [-0.2, -0.15) is 0 Å². The van der Waals surface area contributed by atoms with Crippen molar-refractivity contribution < 1.29 is 4.79 Å². The molecule has 0 saturated carbocycles. The molecular formula is C12H24BrNO. The van der Waals surface area contributed by atoms with Gasteiger partial charge >= 0.3 is 0 Å². The normalized spacial score (nSPS) is 14.7. The van der Waals surface area contributed by atoms with Gasteiger partial charge in [-0.1, -0.05) is 49.5 Å². The summed E-state index contributed by atoms with van der Waals surface area (Å²) in [4.78, 5) is 11.5. The third-order valence-electron chi connectivity index (χ3n) is 2.91. The van der Waals surface area contributed by atoms with Gasteiger partial charge in [0.2, 0.25) is 5.91 Å². The first-order valence-electron chi connectivity index (χ1n) is 5.96. The molecule has 15 heavy (non-hydrogen) atoms. The van der Waals surface area contributed by atoms with Gasteiger partial charge in [-0.3, -0.25) is 4.79 Å². The van der Waals surface area contributed by atoms with Crippen molar-refractivity contribution in [3.8, 4) is 0 Å². The maximum Gasteiger partial charge on any atom is 0.220 e. The number of hydrogen-bond donors (Lipinski definition) is 1. The molecule has 0 rings (SSSR count). The lowest BCUT2D eigenvalue weighted by Crippen LogP contribution is -2.30. The SMILES string of the molecule is CCC(C)CC(=O)NCC(CC)CCBr. The summed E-state index contributed by atoms with van der Waals surface area (Å²) in [5.74, 6) is 1.32. The Bertz CT molecular complexity index is 173. The van der Waals surface area contributed by atoms with E-state index >= 15 is 0 Å². The van der Waals surface area contributed by atoms with E-state index < -0.39 is 0 Å². The molecule has 0 aliphatic heterocycles. The summed E-state index contributed by atoms with van der Waals surface area (Å²) in [7, 11) is 0. The van der Waals surface area contributed by atoms with E-state index in [0.29, 0.717) is 18.3 Å². The van der Waals surface area contributed by atoms with Crippen LogP contribution in [0, 0.1) is 11.8 Å². The minimum atomic E-state index is 0.206. The van der Waals surface area contributed by atoms with E-state index in [1.807, 2.05) is 0 Å². The molecule has 90 valence electrons. The van der Waals surface area contributed by atoms with Crippen molar-refractivity contribution in [2.24, 2.45) is 11.8 Å². The standard InChI is InChI=1S/C12H24BrNO/c1-4-10(3)8-12(15)14-9-11(5-2)6-7-13/h10-11H,4-9H2,1-3H3,(H,14,15). The van der Waals surface area contributed by atoms with Crippen molar-refractivity contribution in [2.45, 2.75) is 46.5 Å². The number of hydrogen-bond acceptors (Lipinski definition) is 1. The van der Waals surface area contributed by atoms with E-state index in [1.54, 1.807) is 0 Å². The minimum Gasteiger partial charge on any atom is -0.356 e. The average molecular weight is 278 g/mol. The van der Waals surface area contributed by atoms with Crippen LogP contribution in [0.15, 0.2) is 0 Å². The largest absolute Gasteiger partial charge is 0.356 e. The highest BCUT2D eigenvalue weighted by Crippen LogP contribution is 2.09. The fourth-order valence-electron chi connectivity index (χ4n) is 1.40. The molecule has 0 radical (unpaired) electrons. The van der Waals surface area contributed by atoms with Crippen LogP contribution in [-0.2, 0) is 4.79 Å². The van der Waals surface area contributed by atoms with Crippen LogP contribution >= 0.6 is 15.9 Å². The van der Waals surface area contributed by atoms with Crippen molar-refractivity contribution in [3.63, 3.8) is 0 Å². The van der Waals surface area contributed by atoms with Crippen molar-refractivity contribution >= 4 is 21.8 Å². The van der Waals surface area contributed by atoms with Gasteiger partial charge in [0.05, 0.1) is 0 Å². The minimum absolute atomic E-state index is 0.206. The predicted molar refractivity (Wildman–Crippen MR) is 69.3 cm³/mol. The van der Waals surface area contributed by atoms with Gasteiger partial charge in [-0.25, -0.2) is 0 Å². The number of rotatable bonds is 8. The Hall–Kier alpha value is -0.0500. The van der Waals surface area contributed by atoms with E-state index in [9.17, 15) is 4.79 Å². The van der Waals surface area contributed by atoms with Gasteiger partial charge < -0.3 is 5.32 Å². The summed E-state index contributed by atoms with van der Waals surface area (Å²) < 4.78 is 0. The van der Waals surface area contributed by atoms with E-state index in [0.717, 1.165) is 31.1 Å². The molecule has 2 atom stereocenters. The van der Waals surface area contributed by atoms with E-state index in [1.165, 1.54) is 0 Å². The van der Waals surface area contributed by atoms with Gasteiger partial charge in [-0.15, -0.1) is 0 Å². The Morgan fingerprint density at radius 1 is 1.33 bits per heavy atom. The van der Waals surface area contributed by atoms with Gasteiger partial charge in [-0.05, 0) is 18.3 Å². The Morgan fingerprint density at radius 3 is 2.47 bits per heavy atom. The zero-order valence-electron chi connectivity index (χ0n) is 10.2. The second kappa shape index (κ2) is 9.20. The molecule has 2 unspecified atom stereocenters. The molecule has 0 heterocycles. The Morgan fingerprint density at radius 2 is 2.00 bits per heavy atom. The second-order valence-electron chi connectivity index (χ2n) is 4.27. The van der Waals surface area contributed by atoms with Crippen molar-refractivity contribution in [1.82, 2.24) is 5.32 Å². The molecule has 0 spiro atoms. The molecule has 0 bridgehead atoms. The molecule has 0 aromatic heterocycles. The van der Waals surface area contributed by atoms with Crippen LogP contribution in [0.5, 0.6) is 0 Å². The van der Waals surface area contributed by atoms with Crippen LogP contribution in [0.3, 0.4) is 0 Å². The first-order chi connectivity index (χ1) is 7.13. The summed E-state index contributed by atoms with van der Waals surface area (Å²) in [6.45, 7) is 7.25. The topological polar surface area (TPSA) is 29.1 Å². The van der Waals surface area contributed by atoms with Crippen molar-refractivity contribution in [2.75, 3.05) is 11.9 Å². The number of halogens is 1. The van der Waals surface area contributed by atoms with Crippen LogP contribution in [0.4, 0.5) is 0 Å². The molecule has 1 N–H and O–H groups in total. The fraction of sp³-hybridized carbons (Fsp3) is 0.917. The summed E-state index contributed by atoms with van der Waals surface area (Å²) in [6, 6.07) is 0. The average Bonchev–Trinajstić information content (AvgIpc) is 2.23. The van der Waals surface area contributed by atoms with Gasteiger partial charge in [0, 0.05) is 18.3 Å². The molecular weight excluding hydrogens is 254 g/mol. The third-order valence-corrected chi connectivity index (χ3v) is 3.37. The molecule has 0 aromatic rings. The van der Waals surface area contributed by atoms with Gasteiger partial charge in [0.25, 0.3) is 0 Å². The van der Waals surface area contributed by atoms with Gasteiger partial charge in [0.15, 0.2) is 0 Å². The molecule has 1 amide bonds. The number of carbonyl (C=O) groups excluding carboxylic acids is 1. The lowest BCUT2D eigenvalue weighted by molar-refractivity contribution is -0.122. The lowest BCUT2D eigenvalue weighted by atomic mass is 10.0. The second-order valence-corrected chi connectivity index (χ2v) is 5.07. The summed E-state index contributed by atoms with van der Waals surface area (Å²) in [6.07, 6.45) is 4.02. The van der Waals surface area contributed by atoms with Crippen LogP contribution < -0.4 is 5.32 Å².